The van der Waals surface area contributed by atoms with Gasteiger partial charge in [0.15, 0.2) is 0 Å². The van der Waals surface area contributed by atoms with Crippen LogP contribution in [0.25, 0.3) is 10.9 Å². The average Bonchev–Trinajstić information content (AvgIpc) is 3.91. The zero-order chi connectivity index (χ0) is 42.6. The molecule has 1 aromatic heterocycles. The fraction of sp³-hybridized carbons (Fsp3) is 0.468. The van der Waals surface area contributed by atoms with Crippen molar-refractivity contribution in [3.8, 4) is 0 Å². The lowest BCUT2D eigenvalue weighted by Gasteiger charge is -2.47. The third kappa shape index (κ3) is 7.51. The molecule has 5 aliphatic heterocycles. The number of hydrogen-bond acceptors (Lipinski definition) is 8. The summed E-state index contributed by atoms with van der Waals surface area (Å²) >= 11 is 0. The highest BCUT2D eigenvalue weighted by atomic mass is 19.3. The molecule has 6 heterocycles. The van der Waals surface area contributed by atoms with E-state index in [-0.39, 0.29) is 60.5 Å². The third-order valence-corrected chi connectivity index (χ3v) is 14.2. The number of likely N-dealkylation sites (N-methyl/N-ethyl adjacent to an activating group) is 1. The molecule has 320 valence electrons. The Kier molecular flexibility index (Phi) is 11.0. The van der Waals surface area contributed by atoms with Crippen molar-refractivity contribution in [3.63, 3.8) is 0 Å². The number of para-hydroxylation sites is 1. The van der Waals surface area contributed by atoms with Gasteiger partial charge in [-0.3, -0.25) is 33.9 Å². The first-order chi connectivity index (χ1) is 29.5. The van der Waals surface area contributed by atoms with E-state index in [2.05, 4.69) is 51.6 Å². The highest BCUT2D eigenvalue weighted by Crippen LogP contribution is 2.44. The number of amides is 4. The van der Waals surface area contributed by atoms with Gasteiger partial charge in [0.2, 0.25) is 11.8 Å². The number of H-pyrrole nitrogens is 1. The fourth-order valence-electron chi connectivity index (χ4n) is 10.8. The van der Waals surface area contributed by atoms with Gasteiger partial charge in [0.05, 0.1) is 30.3 Å². The van der Waals surface area contributed by atoms with Crippen molar-refractivity contribution in [2.24, 2.45) is 5.41 Å². The summed E-state index contributed by atoms with van der Waals surface area (Å²) in [5, 5.41) is 3.66. The van der Waals surface area contributed by atoms with E-state index >= 15 is 0 Å². The van der Waals surface area contributed by atoms with Gasteiger partial charge >= 0.3 is 0 Å². The number of rotatable bonds is 11. The average molecular weight is 834 g/mol. The molecule has 12 nitrogen and oxygen atoms in total. The van der Waals surface area contributed by atoms with Gasteiger partial charge in [-0.15, -0.1) is 0 Å². The quantitative estimate of drug-likeness (QED) is 0.146. The fourth-order valence-corrected chi connectivity index (χ4v) is 10.8. The molecule has 2 unspecified atom stereocenters. The second kappa shape index (κ2) is 16.4. The Bertz CT molecular complexity index is 2320. The van der Waals surface area contributed by atoms with E-state index < -0.39 is 30.2 Å². The van der Waals surface area contributed by atoms with Crippen LogP contribution >= 0.6 is 0 Å². The minimum absolute atomic E-state index is 0.0310. The number of nitrogens with zero attached hydrogens (tertiary/aromatic N) is 5. The zero-order valence-corrected chi connectivity index (χ0v) is 34.8. The number of carbonyl (C=O) groups is 5. The molecule has 3 aromatic carbocycles. The van der Waals surface area contributed by atoms with Crippen LogP contribution in [0.1, 0.15) is 100 Å². The summed E-state index contributed by atoms with van der Waals surface area (Å²) in [5.41, 5.74) is 7.87. The summed E-state index contributed by atoms with van der Waals surface area (Å²) in [6.07, 6.45) is 3.05. The highest BCUT2D eigenvalue weighted by Gasteiger charge is 2.44. The molecular weight excluding hydrogens is 781 g/mol. The number of piperidine rings is 2. The normalized spacial score (nSPS) is 21.9. The van der Waals surface area contributed by atoms with Crippen molar-refractivity contribution in [1.29, 1.82) is 0 Å². The predicted molar refractivity (Wildman–Crippen MR) is 226 cm³/mol. The minimum atomic E-state index is -2.43. The number of fused-ring (bicyclic) bond motifs is 5. The summed E-state index contributed by atoms with van der Waals surface area (Å²) in [5.74, 6) is -1.50. The van der Waals surface area contributed by atoms with E-state index in [1.54, 1.807) is 12.1 Å². The number of nitrogens with one attached hydrogen (secondary N) is 2. The van der Waals surface area contributed by atoms with Crippen molar-refractivity contribution in [2.45, 2.75) is 89.5 Å². The molecule has 0 aliphatic carbocycles. The minimum Gasteiger partial charge on any atom is -0.371 e. The van der Waals surface area contributed by atoms with Crippen LogP contribution in [0.5, 0.6) is 0 Å². The topological polar surface area (TPSA) is 129 Å². The summed E-state index contributed by atoms with van der Waals surface area (Å²) in [6, 6.07) is 18.8. The van der Waals surface area contributed by atoms with Crippen LogP contribution in [0, 0.1) is 5.41 Å². The van der Waals surface area contributed by atoms with Gasteiger partial charge in [0.1, 0.15) is 12.3 Å². The van der Waals surface area contributed by atoms with E-state index in [0.717, 1.165) is 89.1 Å². The van der Waals surface area contributed by atoms with Crippen molar-refractivity contribution >= 4 is 46.5 Å². The number of imide groups is 1. The first-order valence-corrected chi connectivity index (χ1v) is 21.6. The van der Waals surface area contributed by atoms with Crippen molar-refractivity contribution in [3.05, 3.63) is 99.7 Å². The highest BCUT2D eigenvalue weighted by molar-refractivity contribution is 6.23. The Morgan fingerprint density at radius 2 is 1.56 bits per heavy atom. The molecule has 2 N–H and O–H groups in total. The SMILES string of the molecule is CNC(=O)C(CCC=O)N1C(=O)c2cc3c(cc2C1=O)CN(CC(=O)N1CCC2(CC1)CCN(c1ccc(C4c5[nH]c6ccccc6c5C[C@@H](C)N4CC(F)F)cc1)CC2)C3. The second-order valence-electron chi connectivity index (χ2n) is 17.7. The molecule has 0 bridgehead atoms. The molecule has 2 fully saturated rings. The first-order valence-electron chi connectivity index (χ1n) is 21.6. The Morgan fingerprint density at radius 3 is 2.18 bits per heavy atom. The maximum Gasteiger partial charge on any atom is 0.262 e. The molecule has 3 atom stereocenters. The van der Waals surface area contributed by atoms with E-state index in [4.69, 9.17) is 0 Å². The van der Waals surface area contributed by atoms with Gasteiger partial charge in [-0.2, -0.15) is 0 Å². The largest absolute Gasteiger partial charge is 0.371 e. The molecule has 4 aromatic rings. The van der Waals surface area contributed by atoms with Gasteiger partial charge in [0.25, 0.3) is 18.2 Å². The van der Waals surface area contributed by atoms with Crippen molar-refractivity contribution in [2.75, 3.05) is 51.2 Å². The van der Waals surface area contributed by atoms with Crippen LogP contribution in [0.4, 0.5) is 14.5 Å². The Labute approximate surface area is 354 Å². The van der Waals surface area contributed by atoms with E-state index in [1.165, 1.54) is 12.6 Å². The number of carbonyl (C=O) groups excluding carboxylic acids is 5. The van der Waals surface area contributed by atoms with Crippen molar-refractivity contribution in [1.82, 2.24) is 29.9 Å². The number of aldehydes is 1. The number of halogens is 2. The van der Waals surface area contributed by atoms with Gasteiger partial charge < -0.3 is 24.9 Å². The number of alkyl halides is 2. The van der Waals surface area contributed by atoms with Gasteiger partial charge in [-0.1, -0.05) is 30.3 Å². The molecule has 2 saturated heterocycles. The number of benzene rings is 3. The maximum atomic E-state index is 13.9. The molecule has 4 amide bonds. The van der Waals surface area contributed by atoms with Crippen LogP contribution in [-0.4, -0.2) is 119 Å². The number of hydrogen-bond donors (Lipinski definition) is 2. The summed E-state index contributed by atoms with van der Waals surface area (Å²) in [7, 11) is 1.43. The van der Waals surface area contributed by atoms with Crippen LogP contribution in [0.3, 0.4) is 0 Å². The van der Waals surface area contributed by atoms with E-state index in [0.29, 0.717) is 32.5 Å². The summed E-state index contributed by atoms with van der Waals surface area (Å²) in [4.78, 5) is 77.0. The van der Waals surface area contributed by atoms with E-state index in [9.17, 15) is 32.8 Å². The first kappa shape index (κ1) is 40.9. The molecule has 5 aliphatic rings. The second-order valence-corrected chi connectivity index (χ2v) is 17.7. The lowest BCUT2D eigenvalue weighted by Crippen LogP contribution is -2.49. The number of aromatic nitrogens is 1. The molecular formula is C47H53F2N7O5. The smallest absolute Gasteiger partial charge is 0.262 e. The van der Waals surface area contributed by atoms with Crippen LogP contribution in [0.2, 0.25) is 0 Å². The number of aromatic amines is 1. The number of likely N-dealkylation sites (tertiary alicyclic amines) is 1. The number of anilines is 1. The van der Waals surface area contributed by atoms with Crippen LogP contribution in [-0.2, 0) is 33.9 Å². The summed E-state index contributed by atoms with van der Waals surface area (Å²) in [6.45, 7) is 6.23. The Hall–Kier alpha value is -5.47. The predicted octanol–water partition coefficient (Wildman–Crippen LogP) is 5.68. The van der Waals surface area contributed by atoms with Gasteiger partial charge in [-0.05, 0) is 103 Å². The molecule has 1 spiro atoms. The van der Waals surface area contributed by atoms with Gasteiger partial charge in [0, 0.05) is 81.1 Å². The maximum absolute atomic E-state index is 13.9. The molecule has 14 heteroatoms. The monoisotopic (exact) mass is 833 g/mol. The third-order valence-electron chi connectivity index (χ3n) is 14.2. The molecule has 9 rings (SSSR count). The van der Waals surface area contributed by atoms with E-state index in [1.807, 2.05) is 33.8 Å². The molecule has 0 saturated carbocycles. The van der Waals surface area contributed by atoms with Crippen LogP contribution in [0.15, 0.2) is 60.7 Å². The van der Waals surface area contributed by atoms with Crippen LogP contribution < -0.4 is 10.2 Å². The Balaban J connectivity index is 0.788. The van der Waals surface area contributed by atoms with Crippen molar-refractivity contribution < 1.29 is 32.8 Å². The Morgan fingerprint density at radius 1 is 0.918 bits per heavy atom. The lowest BCUT2D eigenvalue weighted by molar-refractivity contribution is -0.135. The summed E-state index contributed by atoms with van der Waals surface area (Å²) < 4.78 is 27.9. The van der Waals surface area contributed by atoms with Gasteiger partial charge in [-0.25, -0.2) is 8.78 Å². The molecule has 0 radical (unpaired) electrons. The zero-order valence-electron chi connectivity index (χ0n) is 34.8. The standard InChI is InChI=1S/C47H53F2N7O5/c1-29-22-35-34-6-3-4-7-38(34)51-42(35)43(55(29)27-40(48)49)30-9-11-33(12-10-30)53-17-13-47(14-18-53)15-19-54(20-16-47)41(58)28-52-25-31-23-36-37(24-32(31)26-52)46(61)56(45(36)60)39(8-5-21-57)44(59)50-2/h3-4,6-7,9-12,21,23-24,29,39-40,43,51H,5,8,13-20,22,25-28H2,1-2H3,(H,50,59)/t29-,39?,43?/m1/s1. The lowest BCUT2D eigenvalue weighted by atomic mass is 9.71. The molecule has 61 heavy (non-hydrogen) atoms.